The molecule has 4 rings (SSSR count). The Bertz CT molecular complexity index is 1200. The van der Waals surface area contributed by atoms with Crippen LogP contribution in [-0.2, 0) is 0 Å². The molecule has 0 aliphatic heterocycles. The van der Waals surface area contributed by atoms with Gasteiger partial charge in [0, 0.05) is 23.2 Å². The number of fused-ring (bicyclic) bond motifs is 1. The van der Waals surface area contributed by atoms with Crippen molar-refractivity contribution in [1.29, 1.82) is 0 Å². The number of pyridine rings is 1. The number of methoxy groups -OCH3 is 2. The van der Waals surface area contributed by atoms with E-state index in [-0.39, 0.29) is 0 Å². The smallest absolute Gasteiger partial charge is 0.161 e. The van der Waals surface area contributed by atoms with Gasteiger partial charge in [0.2, 0.25) is 0 Å². The van der Waals surface area contributed by atoms with Crippen LogP contribution in [0.1, 0.15) is 5.56 Å². The zero-order valence-electron chi connectivity index (χ0n) is 16.0. The molecule has 0 saturated carbocycles. The molecule has 5 nitrogen and oxygen atoms in total. The van der Waals surface area contributed by atoms with Gasteiger partial charge in [-0.1, -0.05) is 17.7 Å². The van der Waals surface area contributed by atoms with Gasteiger partial charge in [0.15, 0.2) is 17.3 Å². The quantitative estimate of drug-likeness (QED) is 0.503. The predicted molar refractivity (Wildman–Crippen MR) is 109 cm³/mol. The zero-order chi connectivity index (χ0) is 19.5. The van der Waals surface area contributed by atoms with Crippen LogP contribution in [0.25, 0.3) is 22.3 Å². The molecular weight excluding hydrogens is 352 g/mol. The van der Waals surface area contributed by atoms with E-state index in [1.54, 1.807) is 20.4 Å². The summed E-state index contributed by atoms with van der Waals surface area (Å²) in [6, 6.07) is 19.3. The summed E-state index contributed by atoms with van der Waals surface area (Å²) in [4.78, 5) is 9.07. The minimum Gasteiger partial charge on any atom is -0.493 e. The number of benzene rings is 2. The predicted octanol–water partition coefficient (Wildman–Crippen LogP) is 5.05. The fraction of sp³-hybridized carbons (Fsp3) is 0.130. The number of nitrogens with zero attached hydrogens (tertiary/aromatic N) is 2. The normalized spacial score (nSPS) is 11.6. The molecule has 0 saturated heterocycles. The van der Waals surface area contributed by atoms with E-state index in [0.717, 1.165) is 27.5 Å². The van der Waals surface area contributed by atoms with E-state index in [2.05, 4.69) is 11.1 Å². The second-order valence-electron chi connectivity index (χ2n) is 6.37. The van der Waals surface area contributed by atoms with Crippen LogP contribution in [0.2, 0.25) is 0 Å². The van der Waals surface area contributed by atoms with Crippen molar-refractivity contribution in [3.8, 4) is 22.8 Å². The lowest BCUT2D eigenvalue weighted by atomic mass is 10.1. The monoisotopic (exact) mass is 372 g/mol. The van der Waals surface area contributed by atoms with Crippen LogP contribution in [0.3, 0.4) is 0 Å². The van der Waals surface area contributed by atoms with Crippen LogP contribution < -0.4 is 14.8 Å². The maximum absolute atomic E-state index is 6.18. The van der Waals surface area contributed by atoms with Crippen molar-refractivity contribution >= 4 is 16.8 Å². The molecule has 0 radical (unpaired) electrons. The second-order valence-corrected chi connectivity index (χ2v) is 6.37. The number of rotatable bonds is 4. The number of hydrogen-bond donors (Lipinski definition) is 0. The highest BCUT2D eigenvalue weighted by atomic mass is 16.5. The molecule has 140 valence electrons. The van der Waals surface area contributed by atoms with Crippen molar-refractivity contribution in [1.82, 2.24) is 4.98 Å². The van der Waals surface area contributed by atoms with Crippen molar-refractivity contribution in [3.63, 3.8) is 0 Å². The lowest BCUT2D eigenvalue weighted by molar-refractivity contribution is 0.355. The van der Waals surface area contributed by atoms with E-state index < -0.39 is 0 Å². The minimum atomic E-state index is 0.641. The van der Waals surface area contributed by atoms with Gasteiger partial charge < -0.3 is 13.9 Å². The average molecular weight is 372 g/mol. The molecule has 0 amide bonds. The molecule has 0 bridgehead atoms. The zero-order valence-corrected chi connectivity index (χ0v) is 16.0. The van der Waals surface area contributed by atoms with E-state index in [9.17, 15) is 0 Å². The maximum Gasteiger partial charge on any atom is 0.161 e. The Hall–Kier alpha value is -3.60. The minimum absolute atomic E-state index is 0.641. The van der Waals surface area contributed by atoms with Crippen molar-refractivity contribution < 1.29 is 13.9 Å². The van der Waals surface area contributed by atoms with E-state index in [0.29, 0.717) is 23.1 Å². The lowest BCUT2D eigenvalue weighted by Gasteiger charge is -2.10. The van der Waals surface area contributed by atoms with Gasteiger partial charge in [-0.3, -0.25) is 0 Å². The molecule has 2 aromatic carbocycles. The molecule has 0 aliphatic rings. The molecule has 0 N–H and O–H groups in total. The van der Waals surface area contributed by atoms with Gasteiger partial charge in [-0.25, -0.2) is 9.98 Å². The van der Waals surface area contributed by atoms with Gasteiger partial charge in [0.05, 0.1) is 19.6 Å². The molecular formula is C23H20N2O3. The number of aromatic nitrogens is 1. The molecule has 0 spiro atoms. The Morgan fingerprint density at radius 3 is 2.50 bits per heavy atom. The van der Waals surface area contributed by atoms with Gasteiger partial charge in [-0.15, -0.1) is 0 Å². The van der Waals surface area contributed by atoms with Crippen molar-refractivity contribution in [3.05, 3.63) is 77.8 Å². The summed E-state index contributed by atoms with van der Waals surface area (Å²) in [6.45, 7) is 2.05. The van der Waals surface area contributed by atoms with Crippen LogP contribution >= 0.6 is 0 Å². The number of ether oxygens (including phenoxy) is 2. The average Bonchev–Trinajstić information content (AvgIpc) is 2.74. The first kappa shape index (κ1) is 17.8. The van der Waals surface area contributed by atoms with Crippen LogP contribution in [0.4, 0.5) is 5.82 Å². The largest absolute Gasteiger partial charge is 0.493 e. The summed E-state index contributed by atoms with van der Waals surface area (Å²) in [7, 11) is 3.23. The summed E-state index contributed by atoms with van der Waals surface area (Å²) >= 11 is 0. The standard InChI is InChI=1S/C23H20N2O3/c1-15-7-9-19-17(12-15)18(25-23-6-4-5-11-24-23)14-21(28-19)16-8-10-20(26-2)22(13-16)27-3/h4-14H,1-3H3. The van der Waals surface area contributed by atoms with Crippen LogP contribution in [0.15, 0.2) is 76.3 Å². The Labute approximate surface area is 162 Å². The molecule has 0 unspecified atom stereocenters. The summed E-state index contributed by atoms with van der Waals surface area (Å²) in [5, 5.41) is 1.74. The highest BCUT2D eigenvalue weighted by molar-refractivity contribution is 5.79. The van der Waals surface area contributed by atoms with Crippen LogP contribution in [-0.4, -0.2) is 19.2 Å². The Kier molecular flexibility index (Phi) is 4.81. The first-order chi connectivity index (χ1) is 13.7. The van der Waals surface area contributed by atoms with Gasteiger partial charge in [-0.05, 0) is 49.4 Å². The third-order valence-corrected chi connectivity index (χ3v) is 4.45. The van der Waals surface area contributed by atoms with E-state index in [1.807, 2.05) is 61.5 Å². The fourth-order valence-corrected chi connectivity index (χ4v) is 3.05. The summed E-state index contributed by atoms with van der Waals surface area (Å²) in [5.74, 6) is 2.64. The Morgan fingerprint density at radius 1 is 0.893 bits per heavy atom. The van der Waals surface area contributed by atoms with E-state index in [4.69, 9.17) is 18.9 Å². The Balaban J connectivity index is 1.96. The molecule has 5 heteroatoms. The van der Waals surface area contributed by atoms with Gasteiger partial charge in [-0.2, -0.15) is 0 Å². The summed E-state index contributed by atoms with van der Waals surface area (Å²) < 4.78 is 16.9. The SMILES string of the molecule is COc1ccc(-c2cc(=Nc3ccccn3)c3cc(C)ccc3o2)cc1OC. The summed E-state index contributed by atoms with van der Waals surface area (Å²) in [5.41, 5.74) is 2.77. The van der Waals surface area contributed by atoms with E-state index >= 15 is 0 Å². The van der Waals surface area contributed by atoms with Crippen molar-refractivity contribution in [2.24, 2.45) is 4.99 Å². The maximum atomic E-state index is 6.18. The molecule has 0 atom stereocenters. The van der Waals surface area contributed by atoms with Crippen molar-refractivity contribution in [2.45, 2.75) is 6.92 Å². The van der Waals surface area contributed by atoms with Crippen LogP contribution in [0.5, 0.6) is 11.5 Å². The molecule has 2 heterocycles. The third-order valence-electron chi connectivity index (χ3n) is 4.45. The third kappa shape index (κ3) is 3.47. The summed E-state index contributed by atoms with van der Waals surface area (Å²) in [6.07, 6.45) is 1.73. The second kappa shape index (κ2) is 7.56. The van der Waals surface area contributed by atoms with Gasteiger partial charge >= 0.3 is 0 Å². The van der Waals surface area contributed by atoms with Crippen molar-refractivity contribution in [2.75, 3.05) is 14.2 Å². The van der Waals surface area contributed by atoms with E-state index in [1.165, 1.54) is 0 Å². The first-order valence-corrected chi connectivity index (χ1v) is 8.90. The fourth-order valence-electron chi connectivity index (χ4n) is 3.05. The molecule has 0 aliphatic carbocycles. The Morgan fingerprint density at radius 2 is 1.75 bits per heavy atom. The topological polar surface area (TPSA) is 56.9 Å². The first-order valence-electron chi connectivity index (χ1n) is 8.90. The molecule has 2 aromatic heterocycles. The molecule has 0 fully saturated rings. The number of hydrogen-bond acceptors (Lipinski definition) is 5. The van der Waals surface area contributed by atoms with Crippen LogP contribution in [0, 0.1) is 6.92 Å². The highest BCUT2D eigenvalue weighted by Gasteiger charge is 2.10. The van der Waals surface area contributed by atoms with Gasteiger partial charge in [0.25, 0.3) is 0 Å². The highest BCUT2D eigenvalue weighted by Crippen LogP contribution is 2.32. The van der Waals surface area contributed by atoms with Gasteiger partial charge in [0.1, 0.15) is 11.3 Å². The lowest BCUT2D eigenvalue weighted by Crippen LogP contribution is -2.04. The molecule has 4 aromatic rings. The number of aryl methyl sites for hydroxylation is 1. The molecule has 28 heavy (non-hydrogen) atoms.